The van der Waals surface area contributed by atoms with E-state index >= 15 is 0 Å². The molecule has 2 N–H and O–H groups in total. The van der Waals surface area contributed by atoms with Crippen molar-refractivity contribution in [3.05, 3.63) is 12.2 Å². The van der Waals surface area contributed by atoms with Crippen LogP contribution in [0.15, 0.2) is 12.2 Å². The Hall–Kier alpha value is 1.17. The summed E-state index contributed by atoms with van der Waals surface area (Å²) in [5, 5.41) is 0. The van der Waals surface area contributed by atoms with E-state index in [1.807, 2.05) is 13.8 Å². The fourth-order valence-corrected chi connectivity index (χ4v) is 2.64. The molecule has 0 aromatic rings. The number of nitrogens with one attached hydrogen (secondary N) is 2. The summed E-state index contributed by atoms with van der Waals surface area (Å²) in [4.78, 5) is 11.5. The fraction of sp³-hybridized carbons (Fsp3) is 0.857. The Morgan fingerprint density at radius 3 is 1.73 bits per heavy atom. The molecule has 144 valence electrons. The molecular weight excluding hydrogens is 342 g/mol. The van der Waals surface area contributed by atoms with Gasteiger partial charge in [-0.3, -0.25) is 10.2 Å². The van der Waals surface area contributed by atoms with Crippen LogP contribution in [0, 0.1) is 0 Å². The number of amides is 1. The van der Waals surface area contributed by atoms with Gasteiger partial charge in [0, 0.05) is 71.6 Å². The average molecular weight is 385 g/mol. The van der Waals surface area contributed by atoms with Crippen LogP contribution in [0.5, 0.6) is 0 Å². The van der Waals surface area contributed by atoms with Crippen molar-refractivity contribution in [2.75, 3.05) is 0 Å². The number of rotatable bonds is 17. The van der Waals surface area contributed by atoms with Gasteiger partial charge in [-0.15, -0.1) is 0 Å². The third-order valence-corrected chi connectivity index (χ3v) is 4.17. The first kappa shape index (κ1) is 31.9. The second kappa shape index (κ2) is 26.2. The van der Waals surface area contributed by atoms with E-state index in [-0.39, 0.29) is 65.0 Å². The molecule has 0 aromatic heterocycles. The Kier molecular flexibility index (Phi) is 32.1. The van der Waals surface area contributed by atoms with Crippen LogP contribution in [0.25, 0.3) is 0 Å². The van der Waals surface area contributed by atoms with Crippen molar-refractivity contribution >= 4 is 65.0 Å². The van der Waals surface area contributed by atoms with Crippen LogP contribution < -0.4 is 10.9 Å². The van der Waals surface area contributed by atoms with Crippen LogP contribution in [-0.4, -0.2) is 71.1 Å². The predicted molar refractivity (Wildman–Crippen MR) is 117 cm³/mol. The molecule has 26 heavy (non-hydrogen) atoms. The second-order valence-electron chi connectivity index (χ2n) is 7.18. The van der Waals surface area contributed by atoms with Crippen molar-refractivity contribution in [2.24, 2.45) is 0 Å². The van der Waals surface area contributed by atoms with E-state index in [2.05, 4.69) is 29.9 Å². The van der Waals surface area contributed by atoms with E-state index in [0.29, 0.717) is 12.5 Å². The van der Waals surface area contributed by atoms with Gasteiger partial charge in [0.1, 0.15) is 0 Å². The van der Waals surface area contributed by atoms with Crippen LogP contribution in [0.4, 0.5) is 0 Å². The monoisotopic (exact) mass is 384 g/mol. The van der Waals surface area contributed by atoms with Crippen LogP contribution in [0.2, 0.25) is 0 Å². The van der Waals surface area contributed by atoms with E-state index in [1.165, 1.54) is 70.6 Å². The zero-order valence-electron chi connectivity index (χ0n) is 18.5. The molecule has 5 heteroatoms. The summed E-state index contributed by atoms with van der Waals surface area (Å²) in [6.45, 7) is 6.30. The SMILES string of the molecule is CCCCCCCCC=CCCCCCCCC(=O)NNC(C)C.[Na].[Na]. The molecule has 0 unspecified atom stereocenters. The maximum absolute atomic E-state index is 11.5. The molecule has 0 aromatic carbocycles. The van der Waals surface area contributed by atoms with Crippen LogP contribution in [-0.2, 0) is 4.79 Å². The van der Waals surface area contributed by atoms with Gasteiger partial charge < -0.3 is 0 Å². The summed E-state index contributed by atoms with van der Waals surface area (Å²) in [5.41, 5.74) is 5.67. The maximum Gasteiger partial charge on any atom is 0.234 e. The van der Waals surface area contributed by atoms with Crippen molar-refractivity contribution in [3.8, 4) is 0 Å². The zero-order chi connectivity index (χ0) is 17.9. The molecule has 0 rings (SSSR count). The standard InChI is InChI=1S/C21H42N2O.2Na/c1-4-5-6-7-8-9-10-11-12-13-14-15-16-17-18-19-21(24)23-22-20(2)3;;/h11-12,20,22H,4-10,13-19H2,1-3H3,(H,23,24);;. The van der Waals surface area contributed by atoms with Gasteiger partial charge >= 0.3 is 0 Å². The minimum atomic E-state index is 0. The first-order chi connectivity index (χ1) is 11.7. The van der Waals surface area contributed by atoms with Gasteiger partial charge in [0.15, 0.2) is 0 Å². The van der Waals surface area contributed by atoms with Crippen molar-refractivity contribution in [2.45, 2.75) is 117 Å². The normalized spacial score (nSPS) is 10.6. The summed E-state index contributed by atoms with van der Waals surface area (Å²) < 4.78 is 0. The van der Waals surface area contributed by atoms with Gasteiger partial charge in [0.25, 0.3) is 0 Å². The number of hydrazine groups is 1. The van der Waals surface area contributed by atoms with Crippen molar-refractivity contribution < 1.29 is 4.79 Å². The molecule has 2 radical (unpaired) electrons. The Bertz CT molecular complexity index is 310. The second-order valence-corrected chi connectivity index (χ2v) is 7.18. The first-order valence-electron chi connectivity index (χ1n) is 10.4. The van der Waals surface area contributed by atoms with E-state index in [0.717, 1.165) is 12.8 Å². The molecule has 0 saturated heterocycles. The van der Waals surface area contributed by atoms with Gasteiger partial charge in [0.2, 0.25) is 5.91 Å². The van der Waals surface area contributed by atoms with Crippen molar-refractivity contribution in [1.29, 1.82) is 0 Å². The Labute approximate surface area is 207 Å². The summed E-state index contributed by atoms with van der Waals surface area (Å²) in [7, 11) is 0. The largest absolute Gasteiger partial charge is 0.291 e. The number of carbonyl (C=O) groups excluding carboxylic acids is 1. The molecule has 0 bridgehead atoms. The summed E-state index contributed by atoms with van der Waals surface area (Å²) >= 11 is 0. The molecule has 0 fully saturated rings. The molecule has 0 spiro atoms. The van der Waals surface area contributed by atoms with E-state index < -0.39 is 0 Å². The van der Waals surface area contributed by atoms with Crippen LogP contribution in [0.3, 0.4) is 0 Å². The van der Waals surface area contributed by atoms with Gasteiger partial charge in [-0.1, -0.05) is 70.4 Å². The average Bonchev–Trinajstić information content (AvgIpc) is 2.56. The molecule has 0 aliphatic carbocycles. The molecule has 0 atom stereocenters. The first-order valence-corrected chi connectivity index (χ1v) is 10.4. The number of hydrogen-bond acceptors (Lipinski definition) is 2. The maximum atomic E-state index is 11.5. The fourth-order valence-electron chi connectivity index (χ4n) is 2.64. The molecule has 0 aliphatic heterocycles. The molecule has 3 nitrogen and oxygen atoms in total. The number of carbonyl (C=O) groups is 1. The van der Waals surface area contributed by atoms with Crippen LogP contribution in [0.1, 0.15) is 111 Å². The van der Waals surface area contributed by atoms with E-state index in [1.54, 1.807) is 0 Å². The Balaban J connectivity index is -0.00000264. The Morgan fingerprint density at radius 1 is 0.769 bits per heavy atom. The predicted octanol–water partition coefficient (Wildman–Crippen LogP) is 5.29. The van der Waals surface area contributed by atoms with Crippen molar-refractivity contribution in [1.82, 2.24) is 10.9 Å². The molecular formula is C21H42N2Na2O. The van der Waals surface area contributed by atoms with Gasteiger partial charge in [-0.2, -0.15) is 0 Å². The molecule has 0 heterocycles. The third kappa shape index (κ3) is 27.4. The van der Waals surface area contributed by atoms with Gasteiger partial charge in [0.05, 0.1) is 0 Å². The topological polar surface area (TPSA) is 41.1 Å². The summed E-state index contributed by atoms with van der Waals surface area (Å²) in [6, 6.07) is 0.295. The minimum absolute atomic E-state index is 0. The molecule has 0 saturated carbocycles. The van der Waals surface area contributed by atoms with Crippen LogP contribution >= 0.6 is 0 Å². The Morgan fingerprint density at radius 2 is 1.23 bits per heavy atom. The van der Waals surface area contributed by atoms with Gasteiger partial charge in [-0.25, -0.2) is 5.43 Å². The third-order valence-electron chi connectivity index (χ3n) is 4.17. The zero-order valence-corrected chi connectivity index (χ0v) is 22.5. The number of unbranched alkanes of at least 4 members (excludes halogenated alkanes) is 11. The smallest absolute Gasteiger partial charge is 0.234 e. The molecule has 0 aliphatic rings. The quantitative estimate of drug-likeness (QED) is 0.155. The van der Waals surface area contributed by atoms with Gasteiger partial charge in [-0.05, 0) is 46.0 Å². The van der Waals surface area contributed by atoms with E-state index in [9.17, 15) is 4.79 Å². The minimum Gasteiger partial charge on any atom is -0.291 e. The summed E-state index contributed by atoms with van der Waals surface area (Å²) in [5.74, 6) is 0.112. The number of hydrogen-bond donors (Lipinski definition) is 2. The van der Waals surface area contributed by atoms with E-state index in [4.69, 9.17) is 0 Å². The summed E-state index contributed by atoms with van der Waals surface area (Å²) in [6.07, 6.45) is 22.1. The van der Waals surface area contributed by atoms with Crippen molar-refractivity contribution in [3.63, 3.8) is 0 Å². The molecule has 1 amide bonds. The number of allylic oxidation sites excluding steroid dienone is 2.